The summed E-state index contributed by atoms with van der Waals surface area (Å²) >= 11 is 0. The van der Waals surface area contributed by atoms with Crippen LogP contribution in [0.4, 0.5) is 4.79 Å². The zero-order chi connectivity index (χ0) is 32.5. The molecule has 1 saturated heterocycles. The third-order valence-electron chi connectivity index (χ3n) is 9.18. The number of ketones is 1. The number of hydrogen-bond donors (Lipinski definition) is 5. The van der Waals surface area contributed by atoms with Crippen molar-refractivity contribution in [2.75, 3.05) is 13.1 Å². The number of amides is 5. The molecule has 5 amide bonds. The molecular formula is C31H46N6O8. The highest BCUT2D eigenvalue weighted by Gasteiger charge is 2.45. The molecule has 2 saturated carbocycles. The van der Waals surface area contributed by atoms with Crippen LogP contribution in [0, 0.1) is 17.8 Å². The molecule has 4 atom stereocenters. The Labute approximate surface area is 262 Å². The van der Waals surface area contributed by atoms with E-state index >= 15 is 0 Å². The summed E-state index contributed by atoms with van der Waals surface area (Å²) in [5.74, 6) is -3.29. The summed E-state index contributed by atoms with van der Waals surface area (Å²) in [6.45, 7) is 3.84. The summed E-state index contributed by atoms with van der Waals surface area (Å²) < 4.78 is 10.2. The molecule has 3 aliphatic rings. The van der Waals surface area contributed by atoms with Crippen LogP contribution in [-0.4, -0.2) is 77.8 Å². The number of nitrogens with two attached hydrogens (primary N) is 1. The minimum Gasteiger partial charge on any atom is -0.466 e. The average molecular weight is 631 g/mol. The number of rotatable bonds is 14. The first-order valence-electron chi connectivity index (χ1n) is 16.0. The molecule has 0 spiro atoms. The highest BCUT2D eigenvalue weighted by Crippen LogP contribution is 2.33. The average Bonchev–Trinajstić information content (AvgIpc) is 3.69. The quantitative estimate of drug-likeness (QED) is 0.113. The topological polar surface area (TPSA) is 202 Å². The van der Waals surface area contributed by atoms with Crippen molar-refractivity contribution in [3.05, 3.63) is 24.2 Å². The van der Waals surface area contributed by atoms with Gasteiger partial charge < -0.3 is 35.7 Å². The van der Waals surface area contributed by atoms with E-state index in [4.69, 9.17) is 14.9 Å². The second-order valence-electron chi connectivity index (χ2n) is 12.7. The Kier molecular flexibility index (Phi) is 12.0. The van der Waals surface area contributed by atoms with Crippen molar-refractivity contribution >= 4 is 35.5 Å². The summed E-state index contributed by atoms with van der Waals surface area (Å²) in [6.07, 6.45) is 7.39. The van der Waals surface area contributed by atoms with Gasteiger partial charge >= 0.3 is 12.0 Å². The van der Waals surface area contributed by atoms with E-state index in [1.165, 1.54) is 11.2 Å². The number of likely N-dealkylation sites (tertiary alicyclic amines) is 1. The van der Waals surface area contributed by atoms with E-state index in [-0.39, 0.29) is 30.4 Å². The molecule has 14 heteroatoms. The molecular weight excluding hydrogens is 584 g/mol. The van der Waals surface area contributed by atoms with Crippen LogP contribution in [0.1, 0.15) is 77.4 Å². The number of esters is 1. The molecule has 6 N–H and O–H groups in total. The van der Waals surface area contributed by atoms with E-state index in [1.807, 2.05) is 13.8 Å². The van der Waals surface area contributed by atoms with Crippen LogP contribution in [0.15, 0.2) is 22.8 Å². The first-order chi connectivity index (χ1) is 21.5. The normalized spacial score (nSPS) is 21.8. The van der Waals surface area contributed by atoms with E-state index in [0.29, 0.717) is 18.7 Å². The monoisotopic (exact) mass is 630 g/mol. The Morgan fingerprint density at radius 3 is 2.33 bits per heavy atom. The van der Waals surface area contributed by atoms with Crippen molar-refractivity contribution < 1.29 is 37.9 Å². The number of furan rings is 1. The summed E-state index contributed by atoms with van der Waals surface area (Å²) in [7, 11) is 0. The first kappa shape index (κ1) is 33.9. The van der Waals surface area contributed by atoms with Crippen molar-refractivity contribution in [3.63, 3.8) is 0 Å². The zero-order valence-electron chi connectivity index (χ0n) is 26.0. The smallest absolute Gasteiger partial charge is 0.325 e. The molecule has 0 bridgehead atoms. The van der Waals surface area contributed by atoms with E-state index in [0.717, 1.165) is 51.4 Å². The third kappa shape index (κ3) is 9.28. The molecule has 45 heavy (non-hydrogen) atoms. The predicted octanol–water partition coefficient (Wildman–Crippen LogP) is 1.08. The van der Waals surface area contributed by atoms with Crippen LogP contribution in [0.25, 0.3) is 0 Å². The molecule has 4 rings (SSSR count). The van der Waals surface area contributed by atoms with Crippen molar-refractivity contribution in [2.24, 2.45) is 23.5 Å². The Morgan fingerprint density at radius 1 is 1.00 bits per heavy atom. The minimum atomic E-state index is -1.29. The summed E-state index contributed by atoms with van der Waals surface area (Å²) in [6, 6.07) is 0.755. The number of Topliss-reactive ketones (excluding diaryl/α,β-unsaturated/α-hetero) is 1. The zero-order valence-corrected chi connectivity index (χ0v) is 26.0. The summed E-state index contributed by atoms with van der Waals surface area (Å²) in [4.78, 5) is 78.9. The standard InChI is InChI=1S/C31H46N6O8/c1-18(2)20-14-23(29(41)36-28(26(39)27(32)40)34-21-10-6-11-21)37(16-20)30(42)25(19-8-4-3-5-9-19)35-31(43)33-15-24(38)45-17-22-12-7-13-44-22/h7,12-13,18-21,23,25,28,34H,3-6,8-11,14-17H2,1-2H3,(H2,32,40)(H,36,41)(H2,33,35,43). The number of primary amides is 1. The van der Waals surface area contributed by atoms with Crippen LogP contribution in [0.2, 0.25) is 0 Å². The molecule has 4 unspecified atom stereocenters. The minimum absolute atomic E-state index is 0.000604. The van der Waals surface area contributed by atoms with Crippen molar-refractivity contribution in [1.29, 1.82) is 0 Å². The molecule has 0 aromatic carbocycles. The third-order valence-corrected chi connectivity index (χ3v) is 9.18. The van der Waals surface area contributed by atoms with E-state index in [9.17, 15) is 28.8 Å². The van der Waals surface area contributed by atoms with Gasteiger partial charge in [0.1, 0.15) is 37.2 Å². The van der Waals surface area contributed by atoms with Gasteiger partial charge in [-0.1, -0.05) is 39.5 Å². The fourth-order valence-electron chi connectivity index (χ4n) is 6.19. The van der Waals surface area contributed by atoms with Gasteiger partial charge in [0, 0.05) is 12.6 Å². The van der Waals surface area contributed by atoms with Gasteiger partial charge in [-0.15, -0.1) is 0 Å². The largest absolute Gasteiger partial charge is 0.466 e. The number of urea groups is 1. The number of hydrogen-bond acceptors (Lipinski definition) is 9. The lowest BCUT2D eigenvalue weighted by Gasteiger charge is -2.35. The van der Waals surface area contributed by atoms with Gasteiger partial charge in [-0.05, 0) is 62.0 Å². The number of nitrogens with zero attached hydrogens (tertiary/aromatic N) is 1. The molecule has 1 aromatic heterocycles. The first-order valence-corrected chi connectivity index (χ1v) is 16.0. The van der Waals surface area contributed by atoms with Gasteiger partial charge in [0.15, 0.2) is 0 Å². The second-order valence-corrected chi connectivity index (χ2v) is 12.7. The van der Waals surface area contributed by atoms with Crippen molar-refractivity contribution in [1.82, 2.24) is 26.2 Å². The molecule has 1 aliphatic heterocycles. The molecule has 248 valence electrons. The van der Waals surface area contributed by atoms with Gasteiger partial charge in [0.2, 0.25) is 11.8 Å². The Bertz CT molecular complexity index is 1210. The van der Waals surface area contributed by atoms with E-state index in [2.05, 4.69) is 21.3 Å². The van der Waals surface area contributed by atoms with E-state index in [1.54, 1.807) is 12.1 Å². The summed E-state index contributed by atoms with van der Waals surface area (Å²) in [5.41, 5.74) is 5.27. The predicted molar refractivity (Wildman–Crippen MR) is 161 cm³/mol. The number of carbonyl (C=O) groups excluding carboxylic acids is 6. The van der Waals surface area contributed by atoms with Gasteiger partial charge in [-0.3, -0.25) is 29.3 Å². The molecule has 3 fully saturated rings. The maximum Gasteiger partial charge on any atom is 0.325 e. The highest BCUT2D eigenvalue weighted by atomic mass is 16.5. The van der Waals surface area contributed by atoms with Crippen LogP contribution < -0.4 is 27.0 Å². The van der Waals surface area contributed by atoms with Crippen LogP contribution in [0.5, 0.6) is 0 Å². The second kappa shape index (κ2) is 15.9. The van der Waals surface area contributed by atoms with Crippen LogP contribution >= 0.6 is 0 Å². The van der Waals surface area contributed by atoms with Gasteiger partial charge in [-0.25, -0.2) is 4.79 Å². The molecule has 2 heterocycles. The number of ether oxygens (including phenoxy) is 1. The lowest BCUT2D eigenvalue weighted by molar-refractivity contribution is -0.144. The van der Waals surface area contributed by atoms with E-state index < -0.39 is 60.3 Å². The van der Waals surface area contributed by atoms with Gasteiger partial charge in [0.25, 0.3) is 11.7 Å². The highest BCUT2D eigenvalue weighted by molar-refractivity contribution is 6.37. The molecule has 1 aromatic rings. The molecule has 0 radical (unpaired) electrons. The maximum absolute atomic E-state index is 14.2. The maximum atomic E-state index is 14.2. The fraction of sp³-hybridized carbons (Fsp3) is 0.677. The van der Waals surface area contributed by atoms with Gasteiger partial charge in [0.05, 0.1) is 6.26 Å². The lowest BCUT2D eigenvalue weighted by atomic mass is 9.83. The Morgan fingerprint density at radius 2 is 1.73 bits per heavy atom. The lowest BCUT2D eigenvalue weighted by Crippen LogP contribution is -2.62. The number of nitrogens with one attached hydrogen (secondary N) is 4. The fourth-order valence-corrected chi connectivity index (χ4v) is 6.19. The SMILES string of the molecule is CC(C)C1CC(C(=O)NC(NC2CCC2)C(=O)C(N)=O)N(C(=O)C(NC(=O)NCC(=O)OCc2ccco2)C2CCCCC2)C1. The number of carbonyl (C=O) groups is 6. The summed E-state index contributed by atoms with van der Waals surface area (Å²) in [5, 5.41) is 10.9. The molecule has 14 nitrogen and oxygen atoms in total. The van der Waals surface area contributed by atoms with Gasteiger partial charge in [-0.2, -0.15) is 0 Å². The Balaban J connectivity index is 1.45. The Hall–Kier alpha value is -3.94. The van der Waals surface area contributed by atoms with Crippen molar-refractivity contribution in [2.45, 2.75) is 103 Å². The van der Waals surface area contributed by atoms with Crippen LogP contribution in [-0.2, 0) is 35.3 Å². The molecule has 2 aliphatic carbocycles. The van der Waals surface area contributed by atoms with Crippen LogP contribution in [0.3, 0.4) is 0 Å². The van der Waals surface area contributed by atoms with Crippen molar-refractivity contribution in [3.8, 4) is 0 Å².